The van der Waals surface area contributed by atoms with Crippen LogP contribution in [0.1, 0.15) is 52.6 Å². The van der Waals surface area contributed by atoms with Crippen molar-refractivity contribution < 1.29 is 5.11 Å². The minimum atomic E-state index is 0.234. The van der Waals surface area contributed by atoms with Gasteiger partial charge in [-0.2, -0.15) is 0 Å². The van der Waals surface area contributed by atoms with Crippen LogP contribution >= 0.6 is 0 Å². The quantitative estimate of drug-likeness (QED) is 0.846. The van der Waals surface area contributed by atoms with Crippen molar-refractivity contribution in [1.82, 2.24) is 5.32 Å². The zero-order chi connectivity index (χ0) is 13.6. The van der Waals surface area contributed by atoms with E-state index in [1.54, 1.807) is 6.07 Å². The molecule has 0 spiro atoms. The molecule has 1 aliphatic carbocycles. The third kappa shape index (κ3) is 1.93. The maximum Gasteiger partial charge on any atom is 0.120 e. The lowest BCUT2D eigenvalue weighted by Crippen LogP contribution is -2.27. The van der Waals surface area contributed by atoms with Gasteiger partial charge in [0.25, 0.3) is 0 Å². The Hall–Kier alpha value is -1.02. The zero-order valence-electron chi connectivity index (χ0n) is 12.1. The second-order valence-corrected chi connectivity index (χ2v) is 6.56. The van der Waals surface area contributed by atoms with Crippen molar-refractivity contribution in [3.63, 3.8) is 0 Å². The average Bonchev–Trinajstić information content (AvgIpc) is 2.68. The molecule has 1 atom stereocenters. The molecule has 1 aromatic rings. The lowest BCUT2D eigenvalue weighted by atomic mass is 10.0. The average molecular weight is 247 g/mol. The van der Waals surface area contributed by atoms with Crippen LogP contribution in [-0.2, 0) is 0 Å². The fourth-order valence-corrected chi connectivity index (χ4v) is 3.02. The summed E-state index contributed by atoms with van der Waals surface area (Å²) in [6.07, 6.45) is 0.986. The molecular formula is C16H25NO. The molecule has 2 heteroatoms. The van der Waals surface area contributed by atoms with Gasteiger partial charge < -0.3 is 10.4 Å². The molecule has 1 fully saturated rings. The van der Waals surface area contributed by atoms with Crippen LogP contribution in [-0.4, -0.2) is 11.1 Å². The van der Waals surface area contributed by atoms with Crippen LogP contribution in [0.5, 0.6) is 5.75 Å². The van der Waals surface area contributed by atoms with Gasteiger partial charge in [0.2, 0.25) is 0 Å². The second kappa shape index (κ2) is 4.27. The summed E-state index contributed by atoms with van der Waals surface area (Å²) in [5.41, 5.74) is 1.66. The van der Waals surface area contributed by atoms with Crippen LogP contribution in [0.15, 0.2) is 24.3 Å². The highest BCUT2D eigenvalue weighted by Gasteiger charge is 2.64. The Balaban J connectivity index is 2.16. The molecule has 0 aromatic heterocycles. The first-order valence-corrected chi connectivity index (χ1v) is 6.86. The molecule has 1 saturated carbocycles. The summed E-state index contributed by atoms with van der Waals surface area (Å²) in [5.74, 6) is 0.396. The molecule has 0 bridgehead atoms. The minimum absolute atomic E-state index is 0.234. The molecule has 2 rings (SSSR count). The number of benzene rings is 1. The van der Waals surface area contributed by atoms with E-state index in [-0.39, 0.29) is 6.04 Å². The maximum absolute atomic E-state index is 9.97. The number of phenolic OH excluding ortho intramolecular Hbond substituents is 1. The molecule has 2 nitrogen and oxygen atoms in total. The van der Waals surface area contributed by atoms with Gasteiger partial charge in [0.1, 0.15) is 5.75 Å². The summed E-state index contributed by atoms with van der Waals surface area (Å²) in [4.78, 5) is 0. The van der Waals surface area contributed by atoms with Crippen molar-refractivity contribution in [2.75, 3.05) is 0 Å². The first-order valence-electron chi connectivity index (χ1n) is 6.86. The van der Waals surface area contributed by atoms with Gasteiger partial charge in [0.15, 0.2) is 0 Å². The van der Waals surface area contributed by atoms with Crippen molar-refractivity contribution in [2.45, 2.75) is 53.1 Å². The Morgan fingerprint density at radius 3 is 2.17 bits per heavy atom. The Labute approximate surface area is 110 Å². The number of hydrogen-bond acceptors (Lipinski definition) is 2. The molecule has 0 radical (unpaired) electrons. The van der Waals surface area contributed by atoms with Crippen LogP contribution in [0.3, 0.4) is 0 Å². The molecule has 0 heterocycles. The maximum atomic E-state index is 9.97. The monoisotopic (exact) mass is 247 g/mol. The summed E-state index contributed by atoms with van der Waals surface area (Å²) in [5, 5.41) is 13.7. The molecule has 1 aliphatic rings. The molecule has 1 unspecified atom stereocenters. The minimum Gasteiger partial charge on any atom is -0.508 e. The molecule has 2 N–H and O–H groups in total. The second-order valence-electron chi connectivity index (χ2n) is 6.56. The Kier molecular flexibility index (Phi) is 3.18. The Morgan fingerprint density at radius 1 is 1.17 bits per heavy atom. The van der Waals surface area contributed by atoms with E-state index in [2.05, 4.69) is 39.9 Å². The molecule has 0 saturated heterocycles. The van der Waals surface area contributed by atoms with E-state index in [1.807, 2.05) is 18.2 Å². The number of phenols is 1. The van der Waals surface area contributed by atoms with Crippen LogP contribution in [0.2, 0.25) is 0 Å². The van der Waals surface area contributed by atoms with Gasteiger partial charge in [-0.1, -0.05) is 52.8 Å². The van der Waals surface area contributed by atoms with Crippen LogP contribution in [0, 0.1) is 10.8 Å². The summed E-state index contributed by atoms with van der Waals surface area (Å²) in [7, 11) is 0. The zero-order valence-corrected chi connectivity index (χ0v) is 12.1. The Morgan fingerprint density at radius 2 is 1.72 bits per heavy atom. The molecular weight excluding hydrogens is 222 g/mol. The lowest BCUT2D eigenvalue weighted by Gasteiger charge is -2.20. The van der Waals surface area contributed by atoms with Gasteiger partial charge in [-0.25, -0.2) is 0 Å². The van der Waals surface area contributed by atoms with E-state index in [0.717, 1.165) is 12.0 Å². The standard InChI is InChI=1S/C16H25NO/c1-6-12(11-9-7-8-10-13(11)18)17-14-15(2,3)16(14,4)5/h7-10,12,14,17-18H,6H2,1-5H3. The largest absolute Gasteiger partial charge is 0.508 e. The van der Waals surface area contributed by atoms with Gasteiger partial charge >= 0.3 is 0 Å². The first kappa shape index (κ1) is 13.4. The van der Waals surface area contributed by atoms with E-state index < -0.39 is 0 Å². The lowest BCUT2D eigenvalue weighted by molar-refractivity contribution is 0.423. The fraction of sp³-hybridized carbons (Fsp3) is 0.625. The summed E-state index contributed by atoms with van der Waals surface area (Å²) >= 11 is 0. The highest BCUT2D eigenvalue weighted by atomic mass is 16.3. The molecule has 0 amide bonds. The van der Waals surface area contributed by atoms with Gasteiger partial charge in [-0.3, -0.25) is 0 Å². The topological polar surface area (TPSA) is 32.3 Å². The molecule has 18 heavy (non-hydrogen) atoms. The van der Waals surface area contributed by atoms with Gasteiger partial charge in [-0.15, -0.1) is 0 Å². The number of aromatic hydroxyl groups is 1. The highest BCUT2D eigenvalue weighted by molar-refractivity contribution is 5.35. The molecule has 100 valence electrons. The van der Waals surface area contributed by atoms with Gasteiger partial charge in [0, 0.05) is 17.6 Å². The smallest absolute Gasteiger partial charge is 0.120 e. The van der Waals surface area contributed by atoms with E-state index in [4.69, 9.17) is 0 Å². The molecule has 0 aliphatic heterocycles. The van der Waals surface area contributed by atoms with Crippen molar-refractivity contribution in [1.29, 1.82) is 0 Å². The molecule has 1 aromatic carbocycles. The summed E-state index contributed by atoms with van der Waals surface area (Å²) < 4.78 is 0. The SMILES string of the molecule is CCC(NC1C(C)(C)C1(C)C)c1ccccc1O. The third-order valence-electron chi connectivity index (χ3n) is 5.11. The number of rotatable bonds is 4. The highest BCUT2D eigenvalue weighted by Crippen LogP contribution is 2.63. The summed E-state index contributed by atoms with van der Waals surface area (Å²) in [6, 6.07) is 8.38. The van der Waals surface area contributed by atoms with Crippen molar-refractivity contribution >= 4 is 0 Å². The number of nitrogens with one attached hydrogen (secondary N) is 1. The van der Waals surface area contributed by atoms with E-state index >= 15 is 0 Å². The van der Waals surface area contributed by atoms with Crippen LogP contribution in [0.25, 0.3) is 0 Å². The van der Waals surface area contributed by atoms with Crippen molar-refractivity contribution in [3.8, 4) is 5.75 Å². The van der Waals surface area contributed by atoms with Gasteiger partial charge in [0.05, 0.1) is 0 Å². The van der Waals surface area contributed by atoms with Crippen molar-refractivity contribution in [3.05, 3.63) is 29.8 Å². The van der Waals surface area contributed by atoms with Crippen molar-refractivity contribution in [2.24, 2.45) is 10.8 Å². The predicted octanol–water partition coefficient (Wildman–Crippen LogP) is 3.87. The van der Waals surface area contributed by atoms with Gasteiger partial charge in [-0.05, 0) is 23.3 Å². The first-order chi connectivity index (χ1) is 8.32. The van der Waals surface area contributed by atoms with Crippen LogP contribution < -0.4 is 5.32 Å². The predicted molar refractivity (Wildman–Crippen MR) is 75.6 cm³/mol. The van der Waals surface area contributed by atoms with Crippen LogP contribution in [0.4, 0.5) is 0 Å². The van der Waals surface area contributed by atoms with E-state index in [9.17, 15) is 5.11 Å². The number of para-hydroxylation sites is 1. The Bertz CT molecular complexity index is 422. The third-order valence-corrected chi connectivity index (χ3v) is 5.11. The fourth-order valence-electron chi connectivity index (χ4n) is 3.02. The van der Waals surface area contributed by atoms with E-state index in [0.29, 0.717) is 22.6 Å². The summed E-state index contributed by atoms with van der Waals surface area (Å²) in [6.45, 7) is 11.4. The normalized spacial score (nSPS) is 22.7. The van der Waals surface area contributed by atoms with E-state index in [1.165, 1.54) is 0 Å². The number of hydrogen-bond donors (Lipinski definition) is 2.